The number of Topliss-reactive ketones (excluding diaryl/α,β-unsaturated/α-hetero) is 1. The Hall–Kier alpha value is -1.19. The highest BCUT2D eigenvalue weighted by Crippen LogP contribution is 2.13. The zero-order valence-electron chi connectivity index (χ0n) is 12.4. The van der Waals surface area contributed by atoms with Crippen LogP contribution in [0.5, 0.6) is 0 Å². The second kappa shape index (κ2) is 7.41. The van der Waals surface area contributed by atoms with E-state index in [1.165, 1.54) is 0 Å². The van der Waals surface area contributed by atoms with E-state index in [2.05, 4.69) is 25.2 Å². The molecule has 0 saturated carbocycles. The Balaban J connectivity index is 2.90. The van der Waals surface area contributed by atoms with Gasteiger partial charge < -0.3 is 11.1 Å². The molecule has 0 aliphatic carbocycles. The van der Waals surface area contributed by atoms with Crippen LogP contribution in [0.4, 0.5) is 0 Å². The van der Waals surface area contributed by atoms with E-state index in [1.54, 1.807) is 0 Å². The number of nitrogens with one attached hydrogen (secondary N) is 1. The molecule has 0 amide bonds. The number of carbonyl (C=O) groups excluding carboxylic acids is 1. The molecule has 19 heavy (non-hydrogen) atoms. The molecule has 106 valence electrons. The van der Waals surface area contributed by atoms with Gasteiger partial charge >= 0.3 is 0 Å². The predicted molar refractivity (Wildman–Crippen MR) is 79.9 cm³/mol. The fourth-order valence-corrected chi connectivity index (χ4v) is 2.22. The topological polar surface area (TPSA) is 55.1 Å². The van der Waals surface area contributed by atoms with Crippen molar-refractivity contribution in [1.29, 1.82) is 0 Å². The van der Waals surface area contributed by atoms with Crippen LogP contribution >= 0.6 is 0 Å². The van der Waals surface area contributed by atoms with Crippen LogP contribution in [0, 0.1) is 5.92 Å². The molecule has 0 unspecified atom stereocenters. The molecule has 3 nitrogen and oxygen atoms in total. The molecule has 0 bridgehead atoms. The fraction of sp³-hybridized carbons (Fsp3) is 0.562. The van der Waals surface area contributed by atoms with E-state index < -0.39 is 0 Å². The second-order valence-electron chi connectivity index (χ2n) is 5.61. The van der Waals surface area contributed by atoms with E-state index in [1.807, 2.05) is 32.0 Å². The van der Waals surface area contributed by atoms with Crippen LogP contribution in [-0.4, -0.2) is 17.9 Å². The molecule has 0 aliphatic rings. The molecule has 0 fully saturated rings. The van der Waals surface area contributed by atoms with Gasteiger partial charge in [-0.25, -0.2) is 0 Å². The molecule has 0 heterocycles. The summed E-state index contributed by atoms with van der Waals surface area (Å²) in [7, 11) is 0. The van der Waals surface area contributed by atoms with Crippen LogP contribution in [0.25, 0.3) is 0 Å². The smallest absolute Gasteiger partial charge is 0.152 e. The maximum absolute atomic E-state index is 12.3. The minimum atomic E-state index is -0.132. The van der Waals surface area contributed by atoms with Crippen molar-refractivity contribution in [3.8, 4) is 0 Å². The van der Waals surface area contributed by atoms with Gasteiger partial charge in [-0.1, -0.05) is 52.0 Å². The quantitative estimate of drug-likeness (QED) is 0.792. The highest BCUT2D eigenvalue weighted by molar-refractivity contribution is 5.86. The van der Waals surface area contributed by atoms with Crippen molar-refractivity contribution in [2.45, 2.75) is 52.7 Å². The van der Waals surface area contributed by atoms with E-state index in [9.17, 15) is 4.79 Å². The first-order valence-corrected chi connectivity index (χ1v) is 7.02. The van der Waals surface area contributed by atoms with E-state index in [0.717, 1.165) is 11.1 Å². The summed E-state index contributed by atoms with van der Waals surface area (Å²) in [6, 6.07) is 8.24. The molecular formula is C16H26N2O. The van der Waals surface area contributed by atoms with E-state index in [0.29, 0.717) is 13.0 Å². The Morgan fingerprint density at radius 1 is 1.16 bits per heavy atom. The molecule has 0 aliphatic heterocycles. The summed E-state index contributed by atoms with van der Waals surface area (Å²) in [5.74, 6) is 0.307. The standard InChI is InChI=1S/C16H26N2O/c1-11(2)16(19)15(18-12(3)4)9-13-7-5-6-8-14(13)10-17/h5-8,11-12,15,18H,9-10,17H2,1-4H3/t15-/m0/s1. The Morgan fingerprint density at radius 2 is 1.74 bits per heavy atom. The van der Waals surface area contributed by atoms with Crippen LogP contribution in [0.3, 0.4) is 0 Å². The predicted octanol–water partition coefficient (Wildman–Crippen LogP) is 2.28. The third-order valence-electron chi connectivity index (χ3n) is 3.21. The summed E-state index contributed by atoms with van der Waals surface area (Å²) in [5.41, 5.74) is 8.04. The van der Waals surface area contributed by atoms with Gasteiger partial charge in [0.15, 0.2) is 5.78 Å². The lowest BCUT2D eigenvalue weighted by atomic mass is 9.93. The molecule has 1 aromatic carbocycles. The lowest BCUT2D eigenvalue weighted by Crippen LogP contribution is -2.44. The maximum atomic E-state index is 12.3. The van der Waals surface area contributed by atoms with Crippen molar-refractivity contribution in [3.05, 3.63) is 35.4 Å². The van der Waals surface area contributed by atoms with Crippen molar-refractivity contribution in [2.75, 3.05) is 0 Å². The minimum absolute atomic E-state index is 0.0429. The van der Waals surface area contributed by atoms with Crippen molar-refractivity contribution in [3.63, 3.8) is 0 Å². The summed E-state index contributed by atoms with van der Waals surface area (Å²) >= 11 is 0. The number of ketones is 1. The van der Waals surface area contributed by atoms with Gasteiger partial charge in [0.2, 0.25) is 0 Å². The van der Waals surface area contributed by atoms with Gasteiger partial charge in [-0.2, -0.15) is 0 Å². The number of hydrogen-bond donors (Lipinski definition) is 2. The molecule has 0 radical (unpaired) electrons. The zero-order valence-corrected chi connectivity index (χ0v) is 12.4. The molecule has 1 rings (SSSR count). The highest BCUT2D eigenvalue weighted by Gasteiger charge is 2.22. The van der Waals surface area contributed by atoms with Crippen molar-refractivity contribution in [1.82, 2.24) is 5.32 Å². The van der Waals surface area contributed by atoms with Crippen LogP contribution in [-0.2, 0) is 17.8 Å². The summed E-state index contributed by atoms with van der Waals surface area (Å²) in [5, 5.41) is 3.37. The van der Waals surface area contributed by atoms with E-state index in [4.69, 9.17) is 5.73 Å². The van der Waals surface area contributed by atoms with Crippen LogP contribution in [0.2, 0.25) is 0 Å². The lowest BCUT2D eigenvalue weighted by molar-refractivity contribution is -0.124. The number of rotatable bonds is 7. The minimum Gasteiger partial charge on any atom is -0.326 e. The molecule has 0 saturated heterocycles. The molecule has 1 atom stereocenters. The fourth-order valence-electron chi connectivity index (χ4n) is 2.22. The maximum Gasteiger partial charge on any atom is 0.152 e. The van der Waals surface area contributed by atoms with Gasteiger partial charge in [-0.05, 0) is 17.5 Å². The summed E-state index contributed by atoms with van der Waals surface area (Å²) in [6.45, 7) is 8.55. The van der Waals surface area contributed by atoms with E-state index >= 15 is 0 Å². The number of benzene rings is 1. The van der Waals surface area contributed by atoms with Crippen LogP contribution < -0.4 is 11.1 Å². The number of carbonyl (C=O) groups is 1. The summed E-state index contributed by atoms with van der Waals surface area (Å²) in [4.78, 5) is 12.3. The van der Waals surface area contributed by atoms with Crippen molar-refractivity contribution < 1.29 is 4.79 Å². The van der Waals surface area contributed by atoms with Gasteiger partial charge in [0, 0.05) is 18.5 Å². The second-order valence-corrected chi connectivity index (χ2v) is 5.61. The Kier molecular flexibility index (Phi) is 6.19. The average Bonchev–Trinajstić information content (AvgIpc) is 2.37. The molecule has 0 spiro atoms. The van der Waals surface area contributed by atoms with Gasteiger partial charge in [-0.15, -0.1) is 0 Å². The largest absolute Gasteiger partial charge is 0.326 e. The Bertz CT molecular complexity index is 413. The van der Waals surface area contributed by atoms with Gasteiger partial charge in [0.25, 0.3) is 0 Å². The monoisotopic (exact) mass is 262 g/mol. The molecular weight excluding hydrogens is 236 g/mol. The SMILES string of the molecule is CC(C)N[C@@H](Cc1ccccc1CN)C(=O)C(C)C. The van der Waals surface area contributed by atoms with Gasteiger partial charge in [0.05, 0.1) is 6.04 Å². The van der Waals surface area contributed by atoms with E-state index in [-0.39, 0.29) is 23.8 Å². The first-order valence-electron chi connectivity index (χ1n) is 7.02. The normalized spacial score (nSPS) is 13.0. The van der Waals surface area contributed by atoms with Crippen LogP contribution in [0.15, 0.2) is 24.3 Å². The first kappa shape index (κ1) is 15.9. The molecule has 3 N–H and O–H groups in total. The zero-order chi connectivity index (χ0) is 14.4. The molecule has 1 aromatic rings. The Morgan fingerprint density at radius 3 is 2.21 bits per heavy atom. The van der Waals surface area contributed by atoms with Crippen molar-refractivity contribution >= 4 is 5.78 Å². The molecule has 3 heteroatoms. The molecule has 0 aromatic heterocycles. The lowest BCUT2D eigenvalue weighted by Gasteiger charge is -2.23. The van der Waals surface area contributed by atoms with Crippen molar-refractivity contribution in [2.24, 2.45) is 11.7 Å². The third-order valence-corrected chi connectivity index (χ3v) is 3.21. The highest BCUT2D eigenvalue weighted by atomic mass is 16.1. The van der Waals surface area contributed by atoms with Crippen LogP contribution in [0.1, 0.15) is 38.8 Å². The average molecular weight is 262 g/mol. The van der Waals surface area contributed by atoms with Gasteiger partial charge in [0.1, 0.15) is 0 Å². The third kappa shape index (κ3) is 4.77. The number of hydrogen-bond acceptors (Lipinski definition) is 3. The summed E-state index contributed by atoms with van der Waals surface area (Å²) < 4.78 is 0. The van der Waals surface area contributed by atoms with Gasteiger partial charge in [-0.3, -0.25) is 4.79 Å². The first-order chi connectivity index (χ1) is 8.95. The Labute approximate surface area is 116 Å². The number of nitrogens with two attached hydrogens (primary N) is 1. The summed E-state index contributed by atoms with van der Waals surface area (Å²) in [6.07, 6.45) is 0.711.